The van der Waals surface area contributed by atoms with Gasteiger partial charge in [-0.25, -0.2) is 0 Å². The normalized spacial score (nSPS) is 11.0. The molecule has 8 heteroatoms. The minimum absolute atomic E-state index is 0.239. The number of para-hydroxylation sites is 1. The van der Waals surface area contributed by atoms with Gasteiger partial charge in [0.15, 0.2) is 18.1 Å². The third-order valence-electron chi connectivity index (χ3n) is 3.02. The number of hydrogen-bond acceptors (Lipinski definition) is 4. The lowest BCUT2D eigenvalue weighted by atomic mass is 10.0. The zero-order valence-corrected chi connectivity index (χ0v) is 12.6. The number of carbonyl (C=O) groups is 1. The second-order valence-corrected chi connectivity index (χ2v) is 4.69. The van der Waals surface area contributed by atoms with Gasteiger partial charge in [0.05, 0.1) is 0 Å². The highest BCUT2D eigenvalue weighted by Gasteiger charge is 2.32. The van der Waals surface area contributed by atoms with Crippen molar-refractivity contribution in [3.63, 3.8) is 0 Å². The Morgan fingerprint density at radius 1 is 1.17 bits per heavy atom. The lowest BCUT2D eigenvalue weighted by molar-refractivity contribution is -0.275. The first-order valence-corrected chi connectivity index (χ1v) is 6.81. The Kier molecular flexibility index (Phi) is 5.18. The Labute approximate surface area is 135 Å². The van der Waals surface area contributed by atoms with Crippen LogP contribution < -0.4 is 14.8 Å². The molecule has 5 nitrogen and oxygen atoms in total. The van der Waals surface area contributed by atoms with Crippen LogP contribution in [0.4, 0.5) is 13.2 Å². The molecule has 0 unspecified atom stereocenters. The molecule has 128 valence electrons. The standard InChI is InChI=1S/C16H14F3NO4/c1-20-15(22)9-23-13-5-3-2-4-11(13)10-6-7-12(21)14(8-10)24-16(17,18)19/h2-8,21H,9H2,1H3,(H,20,22). The van der Waals surface area contributed by atoms with Gasteiger partial charge in [0, 0.05) is 12.6 Å². The van der Waals surface area contributed by atoms with Crippen molar-refractivity contribution in [2.45, 2.75) is 6.36 Å². The molecule has 0 saturated carbocycles. The quantitative estimate of drug-likeness (QED) is 0.877. The molecule has 2 rings (SSSR count). The molecular weight excluding hydrogens is 327 g/mol. The van der Waals surface area contributed by atoms with Crippen LogP contribution in [0.3, 0.4) is 0 Å². The number of ether oxygens (including phenoxy) is 2. The molecule has 2 N–H and O–H groups in total. The first-order valence-electron chi connectivity index (χ1n) is 6.81. The van der Waals surface area contributed by atoms with Crippen molar-refractivity contribution < 1.29 is 32.5 Å². The molecule has 0 heterocycles. The second-order valence-electron chi connectivity index (χ2n) is 4.69. The SMILES string of the molecule is CNC(=O)COc1ccccc1-c1ccc(O)c(OC(F)(F)F)c1. The number of benzene rings is 2. The lowest BCUT2D eigenvalue weighted by Crippen LogP contribution is -2.24. The summed E-state index contributed by atoms with van der Waals surface area (Å²) < 4.78 is 46.3. The van der Waals surface area contributed by atoms with E-state index in [1.807, 2.05) is 0 Å². The Morgan fingerprint density at radius 2 is 1.88 bits per heavy atom. The zero-order valence-electron chi connectivity index (χ0n) is 12.6. The molecule has 0 aromatic heterocycles. The summed E-state index contributed by atoms with van der Waals surface area (Å²) in [5, 5.41) is 11.9. The topological polar surface area (TPSA) is 67.8 Å². The van der Waals surface area contributed by atoms with E-state index in [1.54, 1.807) is 24.3 Å². The van der Waals surface area contributed by atoms with E-state index in [0.717, 1.165) is 12.1 Å². The molecule has 0 aliphatic rings. The second kappa shape index (κ2) is 7.12. The predicted octanol–water partition coefficient (Wildman–Crippen LogP) is 3.08. The molecule has 24 heavy (non-hydrogen) atoms. The van der Waals surface area contributed by atoms with Gasteiger partial charge in [0.1, 0.15) is 5.75 Å². The average Bonchev–Trinajstić information content (AvgIpc) is 2.53. The Morgan fingerprint density at radius 3 is 2.54 bits per heavy atom. The number of aromatic hydroxyl groups is 1. The molecule has 0 fully saturated rings. The molecule has 1 amide bonds. The van der Waals surface area contributed by atoms with Crippen LogP contribution in [0.25, 0.3) is 11.1 Å². The van der Waals surface area contributed by atoms with Crippen molar-refractivity contribution in [3.05, 3.63) is 42.5 Å². The summed E-state index contributed by atoms with van der Waals surface area (Å²) in [5.74, 6) is -1.40. The van der Waals surface area contributed by atoms with E-state index >= 15 is 0 Å². The summed E-state index contributed by atoms with van der Waals surface area (Å²) in [6.45, 7) is -0.239. The highest BCUT2D eigenvalue weighted by atomic mass is 19.4. The van der Waals surface area contributed by atoms with E-state index in [1.165, 1.54) is 13.1 Å². The Balaban J connectivity index is 2.35. The molecule has 0 aliphatic heterocycles. The van der Waals surface area contributed by atoms with E-state index in [9.17, 15) is 23.1 Å². The third kappa shape index (κ3) is 4.55. The number of halogens is 3. The number of amides is 1. The fourth-order valence-electron chi connectivity index (χ4n) is 1.93. The zero-order chi connectivity index (χ0) is 17.7. The van der Waals surface area contributed by atoms with Gasteiger partial charge < -0.3 is 19.9 Å². The number of hydrogen-bond donors (Lipinski definition) is 2. The minimum atomic E-state index is -4.93. The van der Waals surface area contributed by atoms with Gasteiger partial charge in [-0.3, -0.25) is 4.79 Å². The molecule has 0 saturated heterocycles. The molecule has 0 bridgehead atoms. The number of carbonyl (C=O) groups excluding carboxylic acids is 1. The van der Waals surface area contributed by atoms with Gasteiger partial charge in [-0.1, -0.05) is 24.3 Å². The van der Waals surface area contributed by atoms with Crippen molar-refractivity contribution in [1.29, 1.82) is 0 Å². The Hall–Kier alpha value is -2.90. The van der Waals surface area contributed by atoms with E-state index < -0.39 is 17.9 Å². The minimum Gasteiger partial charge on any atom is -0.504 e. The molecule has 2 aromatic carbocycles. The number of phenols is 1. The fraction of sp³-hybridized carbons (Fsp3) is 0.188. The van der Waals surface area contributed by atoms with Crippen LogP contribution in [0, 0.1) is 0 Å². The van der Waals surface area contributed by atoms with E-state index in [0.29, 0.717) is 16.9 Å². The summed E-state index contributed by atoms with van der Waals surface area (Å²) in [6, 6.07) is 10.1. The van der Waals surface area contributed by atoms with Crippen LogP contribution in [0.15, 0.2) is 42.5 Å². The first-order chi connectivity index (χ1) is 11.3. The molecule has 0 aliphatic carbocycles. The Bertz CT molecular complexity index is 732. The number of nitrogens with one attached hydrogen (secondary N) is 1. The molecule has 2 aromatic rings. The van der Waals surface area contributed by atoms with Crippen molar-refractivity contribution in [3.8, 4) is 28.4 Å². The predicted molar refractivity (Wildman–Crippen MR) is 79.8 cm³/mol. The van der Waals surface area contributed by atoms with Gasteiger partial charge in [-0.05, 0) is 23.8 Å². The van der Waals surface area contributed by atoms with Crippen molar-refractivity contribution in [2.24, 2.45) is 0 Å². The van der Waals surface area contributed by atoms with Crippen molar-refractivity contribution >= 4 is 5.91 Å². The number of alkyl halides is 3. The van der Waals surface area contributed by atoms with Gasteiger partial charge in [0.25, 0.3) is 5.91 Å². The van der Waals surface area contributed by atoms with Crippen molar-refractivity contribution in [1.82, 2.24) is 5.32 Å². The summed E-state index contributed by atoms with van der Waals surface area (Å²) in [6.07, 6.45) is -4.93. The summed E-state index contributed by atoms with van der Waals surface area (Å²) in [5.41, 5.74) is 0.785. The molecular formula is C16H14F3NO4. The van der Waals surface area contributed by atoms with Crippen LogP contribution in [-0.2, 0) is 4.79 Å². The van der Waals surface area contributed by atoms with Crippen LogP contribution in [0.1, 0.15) is 0 Å². The fourth-order valence-corrected chi connectivity index (χ4v) is 1.93. The van der Waals surface area contributed by atoms with Gasteiger partial charge in [-0.2, -0.15) is 0 Å². The smallest absolute Gasteiger partial charge is 0.504 e. The monoisotopic (exact) mass is 341 g/mol. The van der Waals surface area contributed by atoms with Gasteiger partial charge >= 0.3 is 6.36 Å². The van der Waals surface area contributed by atoms with Crippen LogP contribution >= 0.6 is 0 Å². The first kappa shape index (κ1) is 17.5. The third-order valence-corrected chi connectivity index (χ3v) is 3.02. The van der Waals surface area contributed by atoms with E-state index in [4.69, 9.17) is 4.74 Å². The average molecular weight is 341 g/mol. The van der Waals surface area contributed by atoms with Gasteiger partial charge in [0.2, 0.25) is 0 Å². The van der Waals surface area contributed by atoms with E-state index in [-0.39, 0.29) is 12.5 Å². The molecule has 0 spiro atoms. The highest BCUT2D eigenvalue weighted by molar-refractivity contribution is 5.78. The van der Waals surface area contributed by atoms with Crippen LogP contribution in [0.2, 0.25) is 0 Å². The van der Waals surface area contributed by atoms with E-state index in [2.05, 4.69) is 10.1 Å². The number of rotatable bonds is 5. The summed E-state index contributed by atoms with van der Waals surface area (Å²) >= 11 is 0. The lowest BCUT2D eigenvalue weighted by Gasteiger charge is -2.14. The molecule has 0 radical (unpaired) electrons. The van der Waals surface area contributed by atoms with Gasteiger partial charge in [-0.15, -0.1) is 13.2 Å². The number of likely N-dealkylation sites (N-methyl/N-ethyl adjacent to an activating group) is 1. The van der Waals surface area contributed by atoms with Crippen LogP contribution in [-0.4, -0.2) is 31.0 Å². The number of phenolic OH excluding ortho intramolecular Hbond substituents is 1. The van der Waals surface area contributed by atoms with Crippen molar-refractivity contribution in [2.75, 3.05) is 13.7 Å². The largest absolute Gasteiger partial charge is 0.573 e. The van der Waals surface area contributed by atoms with Crippen LogP contribution in [0.5, 0.6) is 17.2 Å². The maximum atomic E-state index is 12.4. The maximum absolute atomic E-state index is 12.4. The summed E-state index contributed by atoms with van der Waals surface area (Å²) in [7, 11) is 1.46. The highest BCUT2D eigenvalue weighted by Crippen LogP contribution is 2.38. The maximum Gasteiger partial charge on any atom is 0.573 e. The molecule has 0 atom stereocenters. The summed E-state index contributed by atoms with van der Waals surface area (Å²) in [4.78, 5) is 11.3.